The summed E-state index contributed by atoms with van der Waals surface area (Å²) in [5.74, 6) is -0.0925. The average Bonchev–Trinajstić information content (AvgIpc) is 2.45. The van der Waals surface area contributed by atoms with Crippen molar-refractivity contribution in [2.75, 3.05) is 0 Å². The summed E-state index contributed by atoms with van der Waals surface area (Å²) in [6.45, 7) is 6.91. The van der Waals surface area contributed by atoms with Crippen LogP contribution in [0.25, 0.3) is 0 Å². The molecule has 3 nitrogen and oxygen atoms in total. The fourth-order valence-corrected chi connectivity index (χ4v) is 1.96. The summed E-state index contributed by atoms with van der Waals surface area (Å²) in [5, 5.41) is 8.86. The highest BCUT2D eigenvalue weighted by molar-refractivity contribution is 5.87. The van der Waals surface area contributed by atoms with E-state index in [4.69, 9.17) is 9.84 Å². The van der Waals surface area contributed by atoms with Gasteiger partial charge in [-0.15, -0.1) is 0 Å². The number of hydrogen-bond acceptors (Lipinski definition) is 2. The van der Waals surface area contributed by atoms with Crippen LogP contribution in [0.4, 0.5) is 0 Å². The Balaban J connectivity index is 2.04. The SMILES string of the molecule is CC(C)(C)c1cccc(OCc2ccc(C(=O)O)cc2)c1. The number of hydrogen-bond donors (Lipinski definition) is 1. The third kappa shape index (κ3) is 4.09. The van der Waals surface area contributed by atoms with Crippen molar-refractivity contribution in [2.45, 2.75) is 32.8 Å². The lowest BCUT2D eigenvalue weighted by atomic mass is 9.87. The van der Waals surface area contributed by atoms with Gasteiger partial charge in [-0.05, 0) is 40.8 Å². The van der Waals surface area contributed by atoms with Crippen molar-refractivity contribution >= 4 is 5.97 Å². The fourth-order valence-electron chi connectivity index (χ4n) is 1.96. The van der Waals surface area contributed by atoms with Gasteiger partial charge >= 0.3 is 5.97 Å². The van der Waals surface area contributed by atoms with E-state index in [1.807, 2.05) is 18.2 Å². The smallest absolute Gasteiger partial charge is 0.335 e. The van der Waals surface area contributed by atoms with E-state index >= 15 is 0 Å². The van der Waals surface area contributed by atoms with E-state index in [2.05, 4.69) is 26.8 Å². The van der Waals surface area contributed by atoms with E-state index in [9.17, 15) is 4.79 Å². The first-order chi connectivity index (χ1) is 9.86. The molecular formula is C18H20O3. The van der Waals surface area contributed by atoms with Gasteiger partial charge in [-0.3, -0.25) is 0 Å². The molecular weight excluding hydrogens is 264 g/mol. The number of rotatable bonds is 4. The number of ether oxygens (including phenoxy) is 1. The van der Waals surface area contributed by atoms with Crippen LogP contribution in [0.5, 0.6) is 5.75 Å². The lowest BCUT2D eigenvalue weighted by molar-refractivity contribution is 0.0697. The first-order valence-electron chi connectivity index (χ1n) is 6.92. The average molecular weight is 284 g/mol. The number of benzene rings is 2. The molecule has 0 spiro atoms. The van der Waals surface area contributed by atoms with E-state index in [-0.39, 0.29) is 11.0 Å². The predicted octanol–water partition coefficient (Wildman–Crippen LogP) is 4.26. The van der Waals surface area contributed by atoms with Crippen molar-refractivity contribution in [1.29, 1.82) is 0 Å². The number of carboxylic acids is 1. The molecule has 0 saturated heterocycles. The van der Waals surface area contributed by atoms with Gasteiger partial charge in [-0.1, -0.05) is 45.0 Å². The van der Waals surface area contributed by atoms with Gasteiger partial charge in [0.2, 0.25) is 0 Å². The van der Waals surface area contributed by atoms with Crippen molar-refractivity contribution in [3.05, 3.63) is 65.2 Å². The minimum atomic E-state index is -0.916. The maximum absolute atomic E-state index is 10.8. The summed E-state index contributed by atoms with van der Waals surface area (Å²) >= 11 is 0. The molecule has 1 N–H and O–H groups in total. The summed E-state index contributed by atoms with van der Waals surface area (Å²) in [6, 6.07) is 14.8. The summed E-state index contributed by atoms with van der Waals surface area (Å²) in [4.78, 5) is 10.8. The Morgan fingerprint density at radius 3 is 2.33 bits per heavy atom. The number of carbonyl (C=O) groups is 1. The molecule has 0 heterocycles. The lowest BCUT2D eigenvalue weighted by Gasteiger charge is -2.19. The Labute approximate surface area is 125 Å². The molecule has 0 radical (unpaired) electrons. The normalized spacial score (nSPS) is 11.2. The van der Waals surface area contributed by atoms with Gasteiger partial charge in [0, 0.05) is 0 Å². The van der Waals surface area contributed by atoms with E-state index in [1.165, 1.54) is 5.56 Å². The van der Waals surface area contributed by atoms with Gasteiger partial charge in [0.15, 0.2) is 0 Å². The Hall–Kier alpha value is -2.29. The van der Waals surface area contributed by atoms with E-state index in [1.54, 1.807) is 24.3 Å². The second-order valence-electron chi connectivity index (χ2n) is 6.07. The lowest BCUT2D eigenvalue weighted by Crippen LogP contribution is -2.11. The topological polar surface area (TPSA) is 46.5 Å². The molecule has 2 aromatic rings. The Kier molecular flexibility index (Phi) is 4.32. The summed E-state index contributed by atoms with van der Waals surface area (Å²) in [6.07, 6.45) is 0. The maximum atomic E-state index is 10.8. The molecule has 0 saturated carbocycles. The van der Waals surface area contributed by atoms with Gasteiger partial charge < -0.3 is 9.84 Å². The molecule has 0 atom stereocenters. The number of aromatic carboxylic acids is 1. The second kappa shape index (κ2) is 6.00. The largest absolute Gasteiger partial charge is 0.489 e. The summed E-state index contributed by atoms with van der Waals surface area (Å²) < 4.78 is 5.78. The van der Waals surface area contributed by atoms with Crippen LogP contribution in [-0.2, 0) is 12.0 Å². The van der Waals surface area contributed by atoms with Crippen LogP contribution in [0, 0.1) is 0 Å². The molecule has 0 aromatic heterocycles. The van der Waals surface area contributed by atoms with Gasteiger partial charge in [-0.2, -0.15) is 0 Å². The van der Waals surface area contributed by atoms with Crippen LogP contribution in [0.3, 0.4) is 0 Å². The molecule has 0 bridgehead atoms. The monoisotopic (exact) mass is 284 g/mol. The zero-order valence-corrected chi connectivity index (χ0v) is 12.6. The standard InChI is InChI=1S/C18H20O3/c1-18(2,3)15-5-4-6-16(11-15)21-12-13-7-9-14(10-8-13)17(19)20/h4-11H,12H2,1-3H3,(H,19,20). The molecule has 0 amide bonds. The molecule has 0 fully saturated rings. The van der Waals surface area contributed by atoms with E-state index < -0.39 is 5.97 Å². The Morgan fingerprint density at radius 1 is 1.10 bits per heavy atom. The minimum absolute atomic E-state index is 0.0858. The van der Waals surface area contributed by atoms with Gasteiger partial charge in [-0.25, -0.2) is 4.79 Å². The van der Waals surface area contributed by atoms with Crippen LogP contribution in [0.2, 0.25) is 0 Å². The van der Waals surface area contributed by atoms with Crippen LogP contribution in [-0.4, -0.2) is 11.1 Å². The molecule has 0 aliphatic carbocycles. The molecule has 2 rings (SSSR count). The summed E-state index contributed by atoms with van der Waals surface area (Å²) in [5.41, 5.74) is 2.54. The molecule has 0 aliphatic rings. The van der Waals surface area contributed by atoms with Gasteiger partial charge in [0.05, 0.1) is 5.56 Å². The third-order valence-corrected chi connectivity index (χ3v) is 3.31. The third-order valence-electron chi connectivity index (χ3n) is 3.31. The molecule has 0 aliphatic heterocycles. The van der Waals surface area contributed by atoms with Crippen LogP contribution in [0.1, 0.15) is 42.3 Å². The van der Waals surface area contributed by atoms with Gasteiger partial charge in [0.1, 0.15) is 12.4 Å². The van der Waals surface area contributed by atoms with Gasteiger partial charge in [0.25, 0.3) is 0 Å². The molecule has 3 heteroatoms. The van der Waals surface area contributed by atoms with Crippen molar-refractivity contribution in [2.24, 2.45) is 0 Å². The molecule has 110 valence electrons. The highest BCUT2D eigenvalue weighted by Crippen LogP contribution is 2.26. The van der Waals surface area contributed by atoms with Crippen LogP contribution in [0.15, 0.2) is 48.5 Å². The Morgan fingerprint density at radius 2 is 1.76 bits per heavy atom. The van der Waals surface area contributed by atoms with Crippen molar-refractivity contribution < 1.29 is 14.6 Å². The zero-order chi connectivity index (χ0) is 15.5. The first kappa shape index (κ1) is 15.1. The molecule has 2 aromatic carbocycles. The van der Waals surface area contributed by atoms with Crippen molar-refractivity contribution in [1.82, 2.24) is 0 Å². The molecule has 0 unspecified atom stereocenters. The quantitative estimate of drug-likeness (QED) is 0.912. The zero-order valence-electron chi connectivity index (χ0n) is 12.6. The van der Waals surface area contributed by atoms with Crippen molar-refractivity contribution in [3.63, 3.8) is 0 Å². The predicted molar refractivity (Wildman–Crippen MR) is 82.9 cm³/mol. The second-order valence-corrected chi connectivity index (χ2v) is 6.07. The summed E-state index contributed by atoms with van der Waals surface area (Å²) in [7, 11) is 0. The highest BCUT2D eigenvalue weighted by atomic mass is 16.5. The molecule has 21 heavy (non-hydrogen) atoms. The van der Waals surface area contributed by atoms with Crippen LogP contribution >= 0.6 is 0 Å². The fraction of sp³-hybridized carbons (Fsp3) is 0.278. The number of carboxylic acid groups (broad SMARTS) is 1. The maximum Gasteiger partial charge on any atom is 0.335 e. The van der Waals surface area contributed by atoms with Crippen LogP contribution < -0.4 is 4.74 Å². The van der Waals surface area contributed by atoms with E-state index in [0.29, 0.717) is 6.61 Å². The van der Waals surface area contributed by atoms with Crippen molar-refractivity contribution in [3.8, 4) is 5.75 Å². The van der Waals surface area contributed by atoms with E-state index in [0.717, 1.165) is 11.3 Å². The first-order valence-corrected chi connectivity index (χ1v) is 6.92. The Bertz CT molecular complexity index is 622. The highest BCUT2D eigenvalue weighted by Gasteiger charge is 2.13. The minimum Gasteiger partial charge on any atom is -0.489 e.